The Kier molecular flexibility index (Phi) is 5.13. The number of thiazole rings is 1. The first-order valence-electron chi connectivity index (χ1n) is 8.47. The third-order valence-corrected chi connectivity index (χ3v) is 5.09. The van der Waals surface area contributed by atoms with Crippen LogP contribution in [0.2, 0.25) is 5.02 Å². The van der Waals surface area contributed by atoms with Gasteiger partial charge in [0, 0.05) is 41.7 Å². The molecular formula is C19H18ClN5S. The second-order valence-electron chi connectivity index (χ2n) is 5.97. The van der Waals surface area contributed by atoms with Gasteiger partial charge in [-0.05, 0) is 36.2 Å². The van der Waals surface area contributed by atoms with Gasteiger partial charge in [-0.25, -0.2) is 4.98 Å². The largest absolute Gasteiger partial charge is 0.356 e. The summed E-state index contributed by atoms with van der Waals surface area (Å²) < 4.78 is 0. The minimum Gasteiger partial charge on any atom is -0.356 e. The lowest BCUT2D eigenvalue weighted by Gasteiger charge is -2.14. The standard InChI is InChI=1S/C19H18ClN5S/c20-14-6-4-13(5-7-14)11-16-15(3-1-8-21-16)17-12-26-19(24-17)25-18-22-9-2-10-23-18/h1,3-8,12H,2,9-11H2,(H2,22,23,24,25). The van der Waals surface area contributed by atoms with Crippen molar-refractivity contribution in [2.24, 2.45) is 4.99 Å². The Labute approximate surface area is 161 Å². The Morgan fingerprint density at radius 2 is 2.08 bits per heavy atom. The van der Waals surface area contributed by atoms with Crippen molar-refractivity contribution in [1.29, 1.82) is 0 Å². The van der Waals surface area contributed by atoms with Gasteiger partial charge in [0.15, 0.2) is 11.1 Å². The van der Waals surface area contributed by atoms with Gasteiger partial charge in [0.1, 0.15) is 0 Å². The molecule has 26 heavy (non-hydrogen) atoms. The molecule has 7 heteroatoms. The number of rotatable bonds is 4. The summed E-state index contributed by atoms with van der Waals surface area (Å²) in [4.78, 5) is 13.7. The van der Waals surface area contributed by atoms with E-state index in [0.717, 1.165) is 59.0 Å². The Hall–Kier alpha value is -2.44. The van der Waals surface area contributed by atoms with Crippen molar-refractivity contribution in [1.82, 2.24) is 15.3 Å². The Balaban J connectivity index is 1.56. The third-order valence-electron chi connectivity index (χ3n) is 4.08. The van der Waals surface area contributed by atoms with E-state index in [0.29, 0.717) is 0 Å². The molecule has 0 saturated carbocycles. The lowest BCUT2D eigenvalue weighted by molar-refractivity contribution is 0.740. The predicted molar refractivity (Wildman–Crippen MR) is 108 cm³/mol. The summed E-state index contributed by atoms with van der Waals surface area (Å²) in [5.74, 6) is 0.796. The molecule has 0 atom stereocenters. The first-order valence-corrected chi connectivity index (χ1v) is 9.73. The van der Waals surface area contributed by atoms with Crippen LogP contribution in [-0.2, 0) is 6.42 Å². The number of aliphatic imine (C=N–C) groups is 1. The van der Waals surface area contributed by atoms with Crippen LogP contribution >= 0.6 is 22.9 Å². The number of halogens is 1. The molecule has 3 aromatic rings. The maximum Gasteiger partial charge on any atom is 0.197 e. The summed E-state index contributed by atoms with van der Waals surface area (Å²) in [7, 11) is 0. The van der Waals surface area contributed by atoms with E-state index in [1.165, 1.54) is 5.56 Å². The van der Waals surface area contributed by atoms with Crippen LogP contribution in [0.15, 0.2) is 53.0 Å². The number of nitrogens with one attached hydrogen (secondary N) is 2. The van der Waals surface area contributed by atoms with Gasteiger partial charge >= 0.3 is 0 Å². The van der Waals surface area contributed by atoms with Crippen molar-refractivity contribution in [2.75, 3.05) is 18.4 Å². The highest BCUT2D eigenvalue weighted by molar-refractivity contribution is 7.14. The highest BCUT2D eigenvalue weighted by Gasteiger charge is 2.12. The topological polar surface area (TPSA) is 62.2 Å². The number of hydrogen-bond donors (Lipinski definition) is 2. The molecule has 4 rings (SSSR count). The van der Waals surface area contributed by atoms with Gasteiger partial charge < -0.3 is 10.6 Å². The van der Waals surface area contributed by atoms with Crippen LogP contribution in [-0.4, -0.2) is 29.0 Å². The van der Waals surface area contributed by atoms with E-state index in [4.69, 9.17) is 16.6 Å². The van der Waals surface area contributed by atoms with Gasteiger partial charge in [0.2, 0.25) is 0 Å². The number of hydrogen-bond acceptors (Lipinski definition) is 6. The van der Waals surface area contributed by atoms with Gasteiger partial charge in [-0.3, -0.25) is 9.98 Å². The van der Waals surface area contributed by atoms with E-state index >= 15 is 0 Å². The molecule has 0 amide bonds. The zero-order valence-electron chi connectivity index (χ0n) is 14.1. The van der Waals surface area contributed by atoms with Crippen LogP contribution in [0, 0.1) is 0 Å². The molecule has 0 unspecified atom stereocenters. The summed E-state index contributed by atoms with van der Waals surface area (Å²) in [5.41, 5.74) is 4.14. The van der Waals surface area contributed by atoms with Crippen LogP contribution in [0.4, 0.5) is 5.13 Å². The Morgan fingerprint density at radius 1 is 1.19 bits per heavy atom. The molecule has 5 nitrogen and oxygen atoms in total. The SMILES string of the molecule is Clc1ccc(Cc2ncccc2-c2csc(NC3=NCCCN3)n2)cc1. The predicted octanol–water partition coefficient (Wildman–Crippen LogP) is 4.21. The van der Waals surface area contributed by atoms with Gasteiger partial charge in [-0.1, -0.05) is 23.7 Å². The number of pyridine rings is 1. The number of anilines is 1. The van der Waals surface area contributed by atoms with Crippen molar-refractivity contribution in [2.45, 2.75) is 12.8 Å². The van der Waals surface area contributed by atoms with E-state index in [1.54, 1.807) is 11.3 Å². The summed E-state index contributed by atoms with van der Waals surface area (Å²) >= 11 is 7.55. The molecule has 0 fully saturated rings. The van der Waals surface area contributed by atoms with E-state index in [1.807, 2.05) is 41.9 Å². The normalized spacial score (nSPS) is 13.8. The fourth-order valence-corrected chi connectivity index (χ4v) is 3.62. The average Bonchev–Trinajstić information content (AvgIpc) is 3.13. The van der Waals surface area contributed by atoms with E-state index < -0.39 is 0 Å². The molecule has 1 aliphatic rings. The van der Waals surface area contributed by atoms with E-state index in [-0.39, 0.29) is 0 Å². The molecule has 132 valence electrons. The lowest BCUT2D eigenvalue weighted by Crippen LogP contribution is -2.35. The molecule has 0 saturated heterocycles. The van der Waals surface area contributed by atoms with Crippen LogP contribution in [0.25, 0.3) is 11.3 Å². The van der Waals surface area contributed by atoms with Gasteiger partial charge in [-0.2, -0.15) is 0 Å². The zero-order chi connectivity index (χ0) is 17.8. The monoisotopic (exact) mass is 383 g/mol. The fourth-order valence-electron chi connectivity index (χ4n) is 2.78. The molecule has 0 spiro atoms. The molecule has 1 aliphatic heterocycles. The molecular weight excluding hydrogens is 366 g/mol. The van der Waals surface area contributed by atoms with Crippen molar-refractivity contribution in [3.63, 3.8) is 0 Å². The van der Waals surface area contributed by atoms with Gasteiger partial charge in [-0.15, -0.1) is 11.3 Å². The number of aromatic nitrogens is 2. The minimum atomic E-state index is 0.738. The number of nitrogens with zero attached hydrogens (tertiary/aromatic N) is 3. The smallest absolute Gasteiger partial charge is 0.197 e. The molecule has 0 aliphatic carbocycles. The highest BCUT2D eigenvalue weighted by Crippen LogP contribution is 2.28. The van der Waals surface area contributed by atoms with Crippen molar-refractivity contribution in [3.8, 4) is 11.3 Å². The zero-order valence-corrected chi connectivity index (χ0v) is 15.6. The van der Waals surface area contributed by atoms with Crippen molar-refractivity contribution >= 4 is 34.0 Å². The molecule has 1 aromatic carbocycles. The molecule has 2 aromatic heterocycles. The van der Waals surface area contributed by atoms with Crippen LogP contribution in [0.3, 0.4) is 0 Å². The molecule has 3 heterocycles. The number of benzene rings is 1. The van der Waals surface area contributed by atoms with Gasteiger partial charge in [0.25, 0.3) is 0 Å². The second kappa shape index (κ2) is 7.85. The van der Waals surface area contributed by atoms with Crippen LogP contribution in [0.5, 0.6) is 0 Å². The molecule has 0 radical (unpaired) electrons. The van der Waals surface area contributed by atoms with E-state index in [2.05, 4.69) is 26.7 Å². The van der Waals surface area contributed by atoms with Crippen LogP contribution < -0.4 is 10.6 Å². The Bertz CT molecular complexity index is 920. The lowest BCUT2D eigenvalue weighted by atomic mass is 10.0. The minimum absolute atomic E-state index is 0.738. The maximum absolute atomic E-state index is 5.98. The highest BCUT2D eigenvalue weighted by atomic mass is 35.5. The summed E-state index contributed by atoms with van der Waals surface area (Å²) in [6, 6.07) is 11.9. The van der Waals surface area contributed by atoms with Gasteiger partial charge in [0.05, 0.1) is 11.4 Å². The van der Waals surface area contributed by atoms with Crippen molar-refractivity contribution < 1.29 is 0 Å². The fraction of sp³-hybridized carbons (Fsp3) is 0.211. The maximum atomic E-state index is 5.98. The number of guanidine groups is 1. The van der Waals surface area contributed by atoms with Crippen LogP contribution in [0.1, 0.15) is 17.7 Å². The first-order chi connectivity index (χ1) is 12.8. The molecule has 0 bridgehead atoms. The third kappa shape index (κ3) is 4.03. The summed E-state index contributed by atoms with van der Waals surface area (Å²) in [6.45, 7) is 1.79. The quantitative estimate of drug-likeness (QED) is 0.708. The summed E-state index contributed by atoms with van der Waals surface area (Å²) in [5, 5.41) is 10.1. The van der Waals surface area contributed by atoms with Crippen molar-refractivity contribution in [3.05, 3.63) is 64.3 Å². The molecule has 2 N–H and O–H groups in total. The first kappa shape index (κ1) is 17.0. The summed E-state index contributed by atoms with van der Waals surface area (Å²) in [6.07, 6.45) is 3.63. The van der Waals surface area contributed by atoms with E-state index in [9.17, 15) is 0 Å². The average molecular weight is 384 g/mol. The second-order valence-corrected chi connectivity index (χ2v) is 7.27. The Morgan fingerprint density at radius 3 is 2.88 bits per heavy atom.